The molecule has 0 saturated carbocycles. The summed E-state index contributed by atoms with van der Waals surface area (Å²) in [6, 6.07) is 5.31. The van der Waals surface area contributed by atoms with Gasteiger partial charge in [-0.3, -0.25) is 0 Å². The van der Waals surface area contributed by atoms with E-state index in [4.69, 9.17) is 10.5 Å². The molecule has 1 heterocycles. The van der Waals surface area contributed by atoms with Gasteiger partial charge in [0.05, 0.1) is 18.5 Å². The molecular weight excluding hydrogens is 284 g/mol. The summed E-state index contributed by atoms with van der Waals surface area (Å²) in [7, 11) is -1.57. The number of benzene rings is 1. The highest BCUT2D eigenvalue weighted by molar-refractivity contribution is 8.01. The molecule has 1 aliphatic heterocycles. The van der Waals surface area contributed by atoms with Crippen molar-refractivity contribution in [2.24, 2.45) is 0 Å². The van der Waals surface area contributed by atoms with Crippen molar-refractivity contribution < 1.29 is 13.2 Å². The minimum atomic E-state index is -3.15. The molecule has 0 aromatic heterocycles. The lowest BCUT2D eigenvalue weighted by atomic mass is 10.2. The van der Waals surface area contributed by atoms with Gasteiger partial charge in [-0.05, 0) is 12.1 Å². The summed E-state index contributed by atoms with van der Waals surface area (Å²) in [5.74, 6) is 2.13. The zero-order valence-electron chi connectivity index (χ0n) is 11.0. The van der Waals surface area contributed by atoms with E-state index in [1.54, 1.807) is 37.1 Å². The summed E-state index contributed by atoms with van der Waals surface area (Å²) in [4.78, 5) is 1.86. The van der Waals surface area contributed by atoms with Gasteiger partial charge in [-0.2, -0.15) is 11.8 Å². The van der Waals surface area contributed by atoms with E-state index in [2.05, 4.69) is 0 Å². The second-order valence-electron chi connectivity index (χ2n) is 4.48. The summed E-state index contributed by atoms with van der Waals surface area (Å²) >= 11 is 1.65. The maximum Gasteiger partial charge on any atom is 0.169 e. The Bertz CT molecular complexity index is 560. The molecule has 1 aromatic rings. The number of anilines is 2. The smallest absolute Gasteiger partial charge is 0.169 e. The summed E-state index contributed by atoms with van der Waals surface area (Å²) < 4.78 is 29.0. The summed E-state index contributed by atoms with van der Waals surface area (Å²) in [5, 5.41) is -0.527. The first-order chi connectivity index (χ1) is 8.93. The molecular formula is C12H18N2O3S2. The molecule has 0 spiro atoms. The highest BCUT2D eigenvalue weighted by Crippen LogP contribution is 2.33. The summed E-state index contributed by atoms with van der Waals surface area (Å²) in [6.45, 7) is 0.666. The first-order valence-corrected chi connectivity index (χ1v) is 9.01. The van der Waals surface area contributed by atoms with Crippen molar-refractivity contribution in [3.8, 4) is 5.75 Å². The molecule has 106 valence electrons. The molecule has 1 unspecified atom stereocenters. The topological polar surface area (TPSA) is 72.6 Å². The third-order valence-electron chi connectivity index (χ3n) is 3.13. The Morgan fingerprint density at radius 1 is 1.47 bits per heavy atom. The van der Waals surface area contributed by atoms with Crippen LogP contribution in [0, 0.1) is 0 Å². The van der Waals surface area contributed by atoms with Gasteiger partial charge in [0.1, 0.15) is 11.1 Å². The third kappa shape index (κ3) is 3.09. The van der Waals surface area contributed by atoms with E-state index < -0.39 is 15.2 Å². The van der Waals surface area contributed by atoms with Crippen molar-refractivity contribution in [3.63, 3.8) is 0 Å². The first kappa shape index (κ1) is 14.3. The molecule has 1 aliphatic rings. The van der Waals surface area contributed by atoms with Crippen LogP contribution in [-0.2, 0) is 9.84 Å². The SMILES string of the molecule is COc1ccc(N)c(N2CCSCC2S(C)(=O)=O)c1. The Kier molecular flexibility index (Phi) is 4.15. The van der Waals surface area contributed by atoms with Crippen LogP contribution < -0.4 is 15.4 Å². The predicted molar refractivity (Wildman–Crippen MR) is 80.7 cm³/mol. The Morgan fingerprint density at radius 3 is 2.84 bits per heavy atom. The van der Waals surface area contributed by atoms with Crippen LogP contribution in [0.5, 0.6) is 5.75 Å². The van der Waals surface area contributed by atoms with Crippen LogP contribution in [0.15, 0.2) is 18.2 Å². The molecule has 1 atom stereocenters. The molecule has 0 bridgehead atoms. The Hall–Kier alpha value is -1.08. The molecule has 5 nitrogen and oxygen atoms in total. The lowest BCUT2D eigenvalue weighted by Crippen LogP contribution is -2.47. The predicted octanol–water partition coefficient (Wildman–Crippen LogP) is 1.20. The second-order valence-corrected chi connectivity index (χ2v) is 7.83. The summed E-state index contributed by atoms with van der Waals surface area (Å²) in [5.41, 5.74) is 7.28. The number of nitrogens with zero attached hydrogens (tertiary/aromatic N) is 1. The van der Waals surface area contributed by atoms with Crippen LogP contribution in [0.2, 0.25) is 0 Å². The highest BCUT2D eigenvalue weighted by Gasteiger charge is 2.32. The van der Waals surface area contributed by atoms with E-state index in [0.717, 1.165) is 11.4 Å². The quantitative estimate of drug-likeness (QED) is 0.846. The molecule has 1 saturated heterocycles. The number of nitrogens with two attached hydrogens (primary N) is 1. The molecule has 0 amide bonds. The van der Waals surface area contributed by atoms with Gasteiger partial charge in [-0.25, -0.2) is 8.42 Å². The Morgan fingerprint density at radius 2 is 2.21 bits per heavy atom. The number of hydrogen-bond acceptors (Lipinski definition) is 6. The highest BCUT2D eigenvalue weighted by atomic mass is 32.2. The van der Waals surface area contributed by atoms with Gasteiger partial charge < -0.3 is 15.4 Å². The van der Waals surface area contributed by atoms with Gasteiger partial charge in [-0.1, -0.05) is 0 Å². The zero-order chi connectivity index (χ0) is 14.0. The minimum absolute atomic E-state index is 0.527. The van der Waals surface area contributed by atoms with Crippen LogP contribution in [0.25, 0.3) is 0 Å². The maximum atomic E-state index is 11.9. The molecule has 7 heteroatoms. The van der Waals surface area contributed by atoms with Crippen molar-refractivity contribution >= 4 is 33.0 Å². The van der Waals surface area contributed by atoms with Crippen LogP contribution >= 0.6 is 11.8 Å². The van der Waals surface area contributed by atoms with E-state index in [9.17, 15) is 8.42 Å². The van der Waals surface area contributed by atoms with E-state index in [-0.39, 0.29) is 0 Å². The van der Waals surface area contributed by atoms with Gasteiger partial charge >= 0.3 is 0 Å². The number of methoxy groups -OCH3 is 1. The van der Waals surface area contributed by atoms with Crippen molar-refractivity contribution in [2.75, 3.05) is 42.0 Å². The number of nitrogen functional groups attached to an aromatic ring is 1. The van der Waals surface area contributed by atoms with E-state index in [0.29, 0.717) is 23.7 Å². The van der Waals surface area contributed by atoms with Crippen molar-refractivity contribution in [2.45, 2.75) is 5.37 Å². The van der Waals surface area contributed by atoms with Gasteiger partial charge in [0.15, 0.2) is 9.84 Å². The number of ether oxygens (including phenoxy) is 1. The monoisotopic (exact) mass is 302 g/mol. The standard InChI is InChI=1S/C12H18N2O3S2/c1-17-9-3-4-10(13)11(7-9)14-5-6-18-8-12(14)19(2,15)16/h3-4,7,12H,5-6,8,13H2,1-2H3. The molecule has 19 heavy (non-hydrogen) atoms. The molecule has 1 fully saturated rings. The number of thioether (sulfide) groups is 1. The largest absolute Gasteiger partial charge is 0.497 e. The van der Waals surface area contributed by atoms with Gasteiger partial charge in [0.25, 0.3) is 0 Å². The van der Waals surface area contributed by atoms with Crippen LogP contribution in [0.4, 0.5) is 11.4 Å². The fourth-order valence-corrected chi connectivity index (χ4v) is 4.94. The van der Waals surface area contributed by atoms with Crippen molar-refractivity contribution in [1.82, 2.24) is 0 Å². The molecule has 1 aromatic carbocycles. The van der Waals surface area contributed by atoms with Crippen LogP contribution in [0.3, 0.4) is 0 Å². The first-order valence-electron chi connectivity index (χ1n) is 5.90. The fraction of sp³-hybridized carbons (Fsp3) is 0.500. The minimum Gasteiger partial charge on any atom is -0.497 e. The third-order valence-corrected chi connectivity index (χ3v) is 5.77. The number of sulfone groups is 1. The summed E-state index contributed by atoms with van der Waals surface area (Å²) in [6.07, 6.45) is 1.27. The molecule has 2 N–H and O–H groups in total. The van der Waals surface area contributed by atoms with Crippen LogP contribution in [-0.4, -0.2) is 45.2 Å². The number of hydrogen-bond donors (Lipinski definition) is 1. The lowest BCUT2D eigenvalue weighted by molar-refractivity contribution is 0.415. The van der Waals surface area contributed by atoms with Crippen LogP contribution in [0.1, 0.15) is 0 Å². The fourth-order valence-electron chi connectivity index (χ4n) is 2.11. The van der Waals surface area contributed by atoms with Crippen molar-refractivity contribution in [1.29, 1.82) is 0 Å². The van der Waals surface area contributed by atoms with Gasteiger partial charge in [0.2, 0.25) is 0 Å². The molecule has 0 aliphatic carbocycles. The maximum absolute atomic E-state index is 11.9. The lowest BCUT2D eigenvalue weighted by Gasteiger charge is -2.36. The number of rotatable bonds is 3. The average molecular weight is 302 g/mol. The molecule has 0 radical (unpaired) electrons. The van der Waals surface area contributed by atoms with E-state index in [1.165, 1.54) is 6.26 Å². The van der Waals surface area contributed by atoms with E-state index >= 15 is 0 Å². The molecule has 2 rings (SSSR count). The van der Waals surface area contributed by atoms with Crippen molar-refractivity contribution in [3.05, 3.63) is 18.2 Å². The second kappa shape index (κ2) is 5.50. The van der Waals surface area contributed by atoms with E-state index in [1.807, 2.05) is 4.90 Å². The Labute approximate surface area is 118 Å². The normalized spacial score (nSPS) is 20.3. The van der Waals surface area contributed by atoms with Gasteiger partial charge in [-0.15, -0.1) is 0 Å². The van der Waals surface area contributed by atoms with Gasteiger partial charge in [0, 0.05) is 30.4 Å². The average Bonchev–Trinajstić information content (AvgIpc) is 2.38. The Balaban J connectivity index is 2.42. The zero-order valence-corrected chi connectivity index (χ0v) is 12.6.